The van der Waals surface area contributed by atoms with Crippen molar-refractivity contribution in [3.05, 3.63) is 46.8 Å². The van der Waals surface area contributed by atoms with Gasteiger partial charge in [0.05, 0.1) is 12.2 Å². The lowest BCUT2D eigenvalue weighted by Gasteiger charge is -2.05. The van der Waals surface area contributed by atoms with E-state index in [2.05, 4.69) is 5.32 Å². The van der Waals surface area contributed by atoms with Crippen LogP contribution in [0.5, 0.6) is 11.5 Å². The van der Waals surface area contributed by atoms with Gasteiger partial charge in [0, 0.05) is 41.3 Å². The van der Waals surface area contributed by atoms with Gasteiger partial charge in [-0.2, -0.15) is 0 Å². The predicted octanol–water partition coefficient (Wildman–Crippen LogP) is 3.68. The fourth-order valence-corrected chi connectivity index (χ4v) is 3.36. The number of carbonyl (C=O) groups excluding carboxylic acids is 2. The van der Waals surface area contributed by atoms with Crippen LogP contribution < -0.4 is 14.8 Å². The molecule has 0 radical (unpaired) electrons. The van der Waals surface area contributed by atoms with Crippen molar-refractivity contribution >= 4 is 23.6 Å². The summed E-state index contributed by atoms with van der Waals surface area (Å²) in [6, 6.07) is 5.20. The number of carbonyl (C=O) groups is 2. The van der Waals surface area contributed by atoms with Crippen molar-refractivity contribution in [1.82, 2.24) is 4.57 Å². The lowest BCUT2D eigenvalue weighted by molar-refractivity contribution is -0.111. The third kappa shape index (κ3) is 3.74. The van der Waals surface area contributed by atoms with Gasteiger partial charge < -0.3 is 24.1 Å². The first-order valence-electron chi connectivity index (χ1n) is 9.21. The van der Waals surface area contributed by atoms with E-state index in [4.69, 9.17) is 14.2 Å². The fraction of sp³-hybridized carbons (Fsp3) is 0.333. The van der Waals surface area contributed by atoms with E-state index in [-0.39, 0.29) is 18.7 Å². The van der Waals surface area contributed by atoms with Gasteiger partial charge in [0.2, 0.25) is 12.7 Å². The molecule has 0 spiro atoms. The first-order valence-corrected chi connectivity index (χ1v) is 9.21. The number of aromatic nitrogens is 1. The molecule has 2 aromatic rings. The van der Waals surface area contributed by atoms with Crippen LogP contribution in [0.3, 0.4) is 0 Å². The van der Waals surface area contributed by atoms with Crippen molar-refractivity contribution in [2.75, 3.05) is 18.7 Å². The van der Waals surface area contributed by atoms with Crippen molar-refractivity contribution in [2.45, 2.75) is 34.2 Å². The minimum Gasteiger partial charge on any atom is -0.462 e. The highest BCUT2D eigenvalue weighted by atomic mass is 16.7. The van der Waals surface area contributed by atoms with Crippen LogP contribution in [0.25, 0.3) is 6.08 Å². The normalized spacial score (nSPS) is 12.4. The topological polar surface area (TPSA) is 78.8 Å². The van der Waals surface area contributed by atoms with Gasteiger partial charge in [0.1, 0.15) is 0 Å². The van der Waals surface area contributed by atoms with Gasteiger partial charge >= 0.3 is 5.97 Å². The molecule has 1 aliphatic rings. The molecule has 7 nitrogen and oxygen atoms in total. The Labute approximate surface area is 163 Å². The molecule has 0 saturated carbocycles. The van der Waals surface area contributed by atoms with E-state index in [0.29, 0.717) is 34.9 Å². The Morgan fingerprint density at radius 1 is 1.18 bits per heavy atom. The minimum absolute atomic E-state index is 0.177. The number of nitrogens with one attached hydrogen (secondary N) is 1. The van der Waals surface area contributed by atoms with Crippen LogP contribution in [0, 0.1) is 13.8 Å². The summed E-state index contributed by atoms with van der Waals surface area (Å²) < 4.78 is 17.8. The zero-order valence-electron chi connectivity index (χ0n) is 16.5. The summed E-state index contributed by atoms with van der Waals surface area (Å²) >= 11 is 0. The summed E-state index contributed by atoms with van der Waals surface area (Å²) in [6.07, 6.45) is 3.07. The summed E-state index contributed by atoms with van der Waals surface area (Å²) in [5, 5.41) is 2.79. The first kappa shape index (κ1) is 19.5. The average molecular weight is 384 g/mol. The van der Waals surface area contributed by atoms with Gasteiger partial charge in [-0.25, -0.2) is 4.79 Å². The van der Waals surface area contributed by atoms with Gasteiger partial charge in [-0.05, 0) is 45.9 Å². The number of hydrogen-bond donors (Lipinski definition) is 1. The van der Waals surface area contributed by atoms with Crippen LogP contribution in [-0.2, 0) is 16.1 Å². The average Bonchev–Trinajstić information content (AvgIpc) is 3.21. The van der Waals surface area contributed by atoms with Crippen molar-refractivity contribution in [3.8, 4) is 11.5 Å². The van der Waals surface area contributed by atoms with Crippen LogP contribution >= 0.6 is 0 Å². The summed E-state index contributed by atoms with van der Waals surface area (Å²) in [6.45, 7) is 8.78. The number of ether oxygens (including phenoxy) is 3. The van der Waals surface area contributed by atoms with Crippen LogP contribution in [0.15, 0.2) is 24.3 Å². The van der Waals surface area contributed by atoms with Crippen LogP contribution in [0.2, 0.25) is 0 Å². The number of hydrogen-bond acceptors (Lipinski definition) is 5. The molecule has 28 heavy (non-hydrogen) atoms. The number of benzene rings is 1. The molecule has 1 aromatic heterocycles. The van der Waals surface area contributed by atoms with Crippen molar-refractivity contribution < 1.29 is 23.8 Å². The summed E-state index contributed by atoms with van der Waals surface area (Å²) in [5.74, 6) is 0.554. The molecule has 148 valence electrons. The maximum atomic E-state index is 12.4. The second kappa shape index (κ2) is 8.21. The molecule has 1 aromatic carbocycles. The minimum atomic E-state index is -0.383. The Morgan fingerprint density at radius 3 is 2.64 bits per heavy atom. The van der Waals surface area contributed by atoms with Crippen molar-refractivity contribution in [1.29, 1.82) is 0 Å². The van der Waals surface area contributed by atoms with E-state index in [9.17, 15) is 9.59 Å². The Kier molecular flexibility index (Phi) is 5.73. The van der Waals surface area contributed by atoms with Gasteiger partial charge in [-0.3, -0.25) is 4.79 Å². The summed E-state index contributed by atoms with van der Waals surface area (Å²) in [7, 11) is 0. The second-order valence-corrected chi connectivity index (χ2v) is 6.31. The van der Waals surface area contributed by atoms with Crippen molar-refractivity contribution in [3.63, 3.8) is 0 Å². The predicted molar refractivity (Wildman–Crippen MR) is 106 cm³/mol. The van der Waals surface area contributed by atoms with Crippen molar-refractivity contribution in [2.24, 2.45) is 0 Å². The number of anilines is 1. The molecule has 1 N–H and O–H groups in total. The van der Waals surface area contributed by atoms with E-state index in [1.807, 2.05) is 25.3 Å². The molecule has 0 aliphatic carbocycles. The number of amides is 1. The maximum Gasteiger partial charge on any atom is 0.340 e. The third-order valence-corrected chi connectivity index (χ3v) is 4.67. The molecule has 0 atom stereocenters. The molecular weight excluding hydrogens is 360 g/mol. The van der Waals surface area contributed by atoms with Crippen LogP contribution in [-0.4, -0.2) is 29.8 Å². The first-order chi connectivity index (χ1) is 13.5. The molecule has 3 rings (SSSR count). The highest BCUT2D eigenvalue weighted by molar-refractivity contribution is 6.04. The highest BCUT2D eigenvalue weighted by Crippen LogP contribution is 2.34. The number of fused-ring (bicyclic) bond motifs is 1. The Hall–Kier alpha value is -3.22. The van der Waals surface area contributed by atoms with E-state index in [0.717, 1.165) is 17.9 Å². The SMILES string of the molecule is CCOC(=O)c1c(C=CC(=O)Nc2ccc3c(c2)OCO3)c(C)n(CC)c1C. The summed E-state index contributed by atoms with van der Waals surface area (Å²) in [4.78, 5) is 24.8. The third-order valence-electron chi connectivity index (χ3n) is 4.67. The molecular formula is C21H24N2O5. The van der Waals surface area contributed by atoms with E-state index in [1.165, 1.54) is 6.08 Å². The van der Waals surface area contributed by atoms with Gasteiger partial charge in [0.15, 0.2) is 11.5 Å². The molecule has 2 heterocycles. The van der Waals surface area contributed by atoms with Gasteiger partial charge in [0.25, 0.3) is 0 Å². The van der Waals surface area contributed by atoms with Gasteiger partial charge in [-0.1, -0.05) is 0 Å². The number of rotatable bonds is 6. The van der Waals surface area contributed by atoms with Gasteiger partial charge in [-0.15, -0.1) is 0 Å². The van der Waals surface area contributed by atoms with E-state index >= 15 is 0 Å². The number of esters is 1. The molecule has 0 fully saturated rings. The van der Waals surface area contributed by atoms with Crippen LogP contribution in [0.4, 0.5) is 5.69 Å². The Bertz CT molecular complexity index is 943. The highest BCUT2D eigenvalue weighted by Gasteiger charge is 2.22. The molecule has 1 aliphatic heterocycles. The van der Waals surface area contributed by atoms with E-state index in [1.54, 1.807) is 31.2 Å². The standard InChI is InChI=1S/C21H24N2O5/c1-5-23-13(3)16(20(14(23)4)21(25)26-6-2)8-10-19(24)22-15-7-9-17-18(11-15)28-12-27-17/h7-11H,5-6,12H2,1-4H3,(H,22,24). The lowest BCUT2D eigenvalue weighted by atomic mass is 10.1. The Balaban J connectivity index is 1.83. The largest absolute Gasteiger partial charge is 0.462 e. The molecule has 0 bridgehead atoms. The van der Waals surface area contributed by atoms with E-state index < -0.39 is 0 Å². The lowest BCUT2D eigenvalue weighted by Crippen LogP contribution is -2.09. The second-order valence-electron chi connectivity index (χ2n) is 6.31. The zero-order chi connectivity index (χ0) is 20.3. The fourth-order valence-electron chi connectivity index (χ4n) is 3.36. The molecule has 0 unspecified atom stereocenters. The molecule has 0 saturated heterocycles. The number of nitrogens with zero attached hydrogens (tertiary/aromatic N) is 1. The zero-order valence-corrected chi connectivity index (χ0v) is 16.5. The van der Waals surface area contributed by atoms with Crippen LogP contribution in [0.1, 0.15) is 41.2 Å². The smallest absolute Gasteiger partial charge is 0.340 e. The Morgan fingerprint density at radius 2 is 1.93 bits per heavy atom. The molecule has 1 amide bonds. The monoisotopic (exact) mass is 384 g/mol. The molecule has 7 heteroatoms. The maximum absolute atomic E-state index is 12.4. The summed E-state index contributed by atoms with van der Waals surface area (Å²) in [5.41, 5.74) is 3.53. The quantitative estimate of drug-likeness (QED) is 0.607.